The van der Waals surface area contributed by atoms with Crippen LogP contribution in [0.25, 0.3) is 0 Å². The number of hydrogen-bond donors (Lipinski definition) is 1. The van der Waals surface area contributed by atoms with E-state index in [4.69, 9.17) is 23.2 Å². The van der Waals surface area contributed by atoms with Gasteiger partial charge in [0.15, 0.2) is 0 Å². The lowest BCUT2D eigenvalue weighted by Gasteiger charge is -2.07. The number of thiazole rings is 1. The smallest absolute Gasteiger partial charge is 0.0798 e. The van der Waals surface area contributed by atoms with Crippen molar-refractivity contribution >= 4 is 40.2 Å². The molecule has 5 heteroatoms. The van der Waals surface area contributed by atoms with Crippen molar-refractivity contribution in [2.24, 2.45) is 0 Å². The van der Waals surface area contributed by atoms with Crippen molar-refractivity contribution in [1.82, 2.24) is 4.98 Å². The van der Waals surface area contributed by atoms with Gasteiger partial charge in [0.1, 0.15) is 0 Å². The molecule has 0 bridgehead atoms. The van der Waals surface area contributed by atoms with Crippen molar-refractivity contribution in [3.63, 3.8) is 0 Å². The summed E-state index contributed by atoms with van der Waals surface area (Å²) in [5.74, 6) is 0. The zero-order valence-electron chi connectivity index (χ0n) is 8.63. The van der Waals surface area contributed by atoms with Gasteiger partial charge in [-0.2, -0.15) is 0 Å². The Morgan fingerprint density at radius 3 is 2.81 bits per heavy atom. The molecule has 1 aromatic carbocycles. The van der Waals surface area contributed by atoms with E-state index in [9.17, 15) is 0 Å². The Morgan fingerprint density at radius 1 is 1.38 bits per heavy atom. The number of nitrogens with one attached hydrogen (secondary N) is 1. The molecule has 0 aliphatic heterocycles. The first-order valence-corrected chi connectivity index (χ1v) is 6.38. The van der Waals surface area contributed by atoms with Gasteiger partial charge >= 0.3 is 0 Å². The molecule has 0 atom stereocenters. The molecule has 16 heavy (non-hydrogen) atoms. The topological polar surface area (TPSA) is 24.9 Å². The second kappa shape index (κ2) is 5.04. The lowest BCUT2D eigenvalue weighted by Crippen LogP contribution is -1.99. The van der Waals surface area contributed by atoms with E-state index in [-0.39, 0.29) is 0 Å². The van der Waals surface area contributed by atoms with E-state index in [0.717, 1.165) is 17.9 Å². The number of rotatable bonds is 3. The Kier molecular flexibility index (Phi) is 3.69. The zero-order valence-corrected chi connectivity index (χ0v) is 11.0. The average molecular weight is 273 g/mol. The standard InChI is InChI=1S/C11H10Cl2N2S/c1-7-11(16-6-15-7)5-14-10-3-2-8(12)4-9(10)13/h2-4,6,14H,5H2,1H3. The molecule has 0 spiro atoms. The molecule has 1 heterocycles. The van der Waals surface area contributed by atoms with Crippen LogP contribution < -0.4 is 5.32 Å². The summed E-state index contributed by atoms with van der Waals surface area (Å²) < 4.78 is 0. The first-order chi connectivity index (χ1) is 7.66. The monoisotopic (exact) mass is 272 g/mol. The minimum atomic E-state index is 0.634. The van der Waals surface area contributed by atoms with Gasteiger partial charge in [0.05, 0.1) is 28.5 Å². The minimum absolute atomic E-state index is 0.634. The fraction of sp³-hybridized carbons (Fsp3) is 0.182. The van der Waals surface area contributed by atoms with Crippen LogP contribution in [0.2, 0.25) is 10.0 Å². The summed E-state index contributed by atoms with van der Waals surface area (Å²) in [6.45, 7) is 2.73. The molecule has 0 aliphatic rings. The van der Waals surface area contributed by atoms with Crippen molar-refractivity contribution in [2.75, 3.05) is 5.32 Å². The molecule has 0 amide bonds. The van der Waals surface area contributed by atoms with E-state index in [1.54, 1.807) is 17.4 Å². The van der Waals surface area contributed by atoms with Gasteiger partial charge in [-0.25, -0.2) is 4.98 Å². The Balaban J connectivity index is 2.08. The van der Waals surface area contributed by atoms with Crippen molar-refractivity contribution in [1.29, 1.82) is 0 Å². The summed E-state index contributed by atoms with van der Waals surface area (Å²) in [5.41, 5.74) is 3.79. The fourth-order valence-electron chi connectivity index (χ4n) is 1.30. The molecular formula is C11H10Cl2N2S. The predicted octanol–water partition coefficient (Wildman–Crippen LogP) is 4.37. The summed E-state index contributed by atoms with van der Waals surface area (Å²) in [6, 6.07) is 5.42. The Labute approximate surface area is 108 Å². The predicted molar refractivity (Wildman–Crippen MR) is 70.6 cm³/mol. The van der Waals surface area contributed by atoms with Crippen LogP contribution in [0.5, 0.6) is 0 Å². The molecule has 1 N–H and O–H groups in total. The summed E-state index contributed by atoms with van der Waals surface area (Å²) >= 11 is 13.5. The average Bonchev–Trinajstić information content (AvgIpc) is 2.63. The fourth-order valence-corrected chi connectivity index (χ4v) is 2.50. The number of hydrogen-bond acceptors (Lipinski definition) is 3. The SMILES string of the molecule is Cc1ncsc1CNc1ccc(Cl)cc1Cl. The number of benzene rings is 1. The molecule has 2 aromatic rings. The molecule has 0 saturated heterocycles. The molecule has 2 nitrogen and oxygen atoms in total. The maximum atomic E-state index is 6.05. The van der Waals surface area contributed by atoms with Crippen molar-refractivity contribution in [2.45, 2.75) is 13.5 Å². The van der Waals surface area contributed by atoms with Crippen molar-refractivity contribution < 1.29 is 0 Å². The Morgan fingerprint density at radius 2 is 2.19 bits per heavy atom. The summed E-state index contributed by atoms with van der Waals surface area (Å²) in [4.78, 5) is 5.40. The van der Waals surface area contributed by atoms with Crippen LogP contribution >= 0.6 is 34.5 Å². The summed E-state index contributed by atoms with van der Waals surface area (Å²) in [5, 5.41) is 4.54. The zero-order chi connectivity index (χ0) is 11.5. The third-order valence-corrected chi connectivity index (χ3v) is 3.70. The second-order valence-electron chi connectivity index (χ2n) is 3.34. The number of nitrogens with zero attached hydrogens (tertiary/aromatic N) is 1. The van der Waals surface area contributed by atoms with E-state index in [2.05, 4.69) is 10.3 Å². The maximum Gasteiger partial charge on any atom is 0.0798 e. The van der Waals surface area contributed by atoms with E-state index in [1.165, 1.54) is 4.88 Å². The first-order valence-electron chi connectivity index (χ1n) is 4.74. The Bertz CT molecular complexity index is 496. The highest BCUT2D eigenvalue weighted by molar-refractivity contribution is 7.09. The van der Waals surface area contributed by atoms with Crippen LogP contribution in [0.4, 0.5) is 5.69 Å². The van der Waals surface area contributed by atoms with Crippen molar-refractivity contribution in [3.05, 3.63) is 44.3 Å². The largest absolute Gasteiger partial charge is 0.379 e. The van der Waals surface area contributed by atoms with E-state index in [0.29, 0.717) is 10.0 Å². The minimum Gasteiger partial charge on any atom is -0.379 e. The molecule has 0 aliphatic carbocycles. The Hall–Kier alpha value is -0.770. The van der Waals surface area contributed by atoms with Crippen LogP contribution in [0.15, 0.2) is 23.7 Å². The molecule has 84 valence electrons. The highest BCUT2D eigenvalue weighted by atomic mass is 35.5. The van der Waals surface area contributed by atoms with Crippen molar-refractivity contribution in [3.8, 4) is 0 Å². The summed E-state index contributed by atoms with van der Waals surface area (Å²) in [7, 11) is 0. The quantitative estimate of drug-likeness (QED) is 0.898. The molecular weight excluding hydrogens is 263 g/mol. The van der Waals surface area contributed by atoms with Gasteiger partial charge in [-0.05, 0) is 25.1 Å². The van der Waals surface area contributed by atoms with Gasteiger partial charge in [0.2, 0.25) is 0 Å². The molecule has 1 aromatic heterocycles. The normalized spacial score (nSPS) is 10.4. The highest BCUT2D eigenvalue weighted by Crippen LogP contribution is 2.26. The third kappa shape index (κ3) is 2.67. The summed E-state index contributed by atoms with van der Waals surface area (Å²) in [6.07, 6.45) is 0. The molecule has 0 fully saturated rings. The number of aromatic nitrogens is 1. The molecule has 0 radical (unpaired) electrons. The number of aryl methyl sites for hydroxylation is 1. The molecule has 2 rings (SSSR count). The van der Waals surface area contributed by atoms with Crippen LogP contribution in [0.3, 0.4) is 0 Å². The third-order valence-electron chi connectivity index (χ3n) is 2.22. The molecule has 0 saturated carbocycles. The number of halogens is 2. The maximum absolute atomic E-state index is 6.05. The van der Waals surface area contributed by atoms with Gasteiger partial charge in [-0.3, -0.25) is 0 Å². The van der Waals surface area contributed by atoms with Crippen LogP contribution in [-0.4, -0.2) is 4.98 Å². The van der Waals surface area contributed by atoms with E-state index in [1.807, 2.05) is 24.6 Å². The van der Waals surface area contributed by atoms with Gasteiger partial charge in [-0.1, -0.05) is 23.2 Å². The van der Waals surface area contributed by atoms with Gasteiger partial charge in [-0.15, -0.1) is 11.3 Å². The lowest BCUT2D eigenvalue weighted by atomic mass is 10.3. The van der Waals surface area contributed by atoms with Gasteiger partial charge in [0, 0.05) is 9.90 Å². The first kappa shape index (κ1) is 11.7. The lowest BCUT2D eigenvalue weighted by molar-refractivity contribution is 1.12. The second-order valence-corrected chi connectivity index (χ2v) is 5.12. The van der Waals surface area contributed by atoms with E-state index >= 15 is 0 Å². The van der Waals surface area contributed by atoms with Crippen LogP contribution in [0, 0.1) is 6.92 Å². The van der Waals surface area contributed by atoms with Crippen LogP contribution in [-0.2, 0) is 6.54 Å². The molecule has 0 unspecified atom stereocenters. The van der Waals surface area contributed by atoms with Crippen LogP contribution in [0.1, 0.15) is 10.6 Å². The van der Waals surface area contributed by atoms with Gasteiger partial charge < -0.3 is 5.32 Å². The van der Waals surface area contributed by atoms with E-state index < -0.39 is 0 Å². The number of anilines is 1. The highest BCUT2D eigenvalue weighted by Gasteiger charge is 2.03. The van der Waals surface area contributed by atoms with Gasteiger partial charge in [0.25, 0.3) is 0 Å².